The third-order valence-electron chi connectivity index (χ3n) is 2.89. The van der Waals surface area contributed by atoms with Crippen LogP contribution in [0, 0.1) is 0 Å². The summed E-state index contributed by atoms with van der Waals surface area (Å²) in [5.74, 6) is 4.31. The molecule has 1 saturated heterocycles. The summed E-state index contributed by atoms with van der Waals surface area (Å²) in [6.07, 6.45) is 0. The first kappa shape index (κ1) is 13.3. The van der Waals surface area contributed by atoms with Crippen molar-refractivity contribution in [3.8, 4) is 11.3 Å². The minimum atomic E-state index is 0.361. The van der Waals surface area contributed by atoms with Crippen LogP contribution < -0.4 is 0 Å². The Labute approximate surface area is 126 Å². The topological polar surface area (TPSA) is 25.8 Å². The molecule has 0 aliphatic carbocycles. The highest BCUT2D eigenvalue weighted by molar-refractivity contribution is 8.06. The van der Waals surface area contributed by atoms with E-state index in [0.29, 0.717) is 10.4 Å². The summed E-state index contributed by atoms with van der Waals surface area (Å²) in [6, 6.07) is 11.9. The summed E-state index contributed by atoms with van der Waals surface area (Å²) < 4.78 is 0. The molecule has 1 aliphatic rings. The molecule has 1 unspecified atom stereocenters. The molecular formula is C14H13ClN2S2. The van der Waals surface area contributed by atoms with Crippen molar-refractivity contribution in [2.24, 2.45) is 0 Å². The monoisotopic (exact) mass is 308 g/mol. The highest BCUT2D eigenvalue weighted by Crippen LogP contribution is 2.36. The van der Waals surface area contributed by atoms with E-state index in [2.05, 4.69) is 4.98 Å². The SMILES string of the molecule is Clc1cc(-c2ccccc2)nc(C2CSCCS2)n1. The van der Waals surface area contributed by atoms with E-state index in [0.717, 1.165) is 28.6 Å². The summed E-state index contributed by atoms with van der Waals surface area (Å²) in [6.45, 7) is 0. The van der Waals surface area contributed by atoms with Crippen molar-refractivity contribution in [3.63, 3.8) is 0 Å². The van der Waals surface area contributed by atoms with Gasteiger partial charge in [0.15, 0.2) is 0 Å². The van der Waals surface area contributed by atoms with Gasteiger partial charge in [0.2, 0.25) is 0 Å². The van der Waals surface area contributed by atoms with Gasteiger partial charge >= 0.3 is 0 Å². The van der Waals surface area contributed by atoms with Gasteiger partial charge in [0, 0.05) is 28.9 Å². The van der Waals surface area contributed by atoms with Crippen LogP contribution in [0.2, 0.25) is 5.15 Å². The van der Waals surface area contributed by atoms with Crippen LogP contribution in [0.4, 0.5) is 0 Å². The maximum atomic E-state index is 6.15. The van der Waals surface area contributed by atoms with Crippen molar-refractivity contribution in [2.45, 2.75) is 5.25 Å². The Hall–Kier alpha value is -0.710. The molecule has 3 rings (SSSR count). The van der Waals surface area contributed by atoms with Gasteiger partial charge in [0.1, 0.15) is 11.0 Å². The number of thioether (sulfide) groups is 2. The molecule has 2 aromatic rings. The summed E-state index contributed by atoms with van der Waals surface area (Å²) in [7, 11) is 0. The lowest BCUT2D eigenvalue weighted by Gasteiger charge is -2.20. The van der Waals surface area contributed by atoms with E-state index in [-0.39, 0.29) is 0 Å². The number of nitrogens with zero attached hydrogens (tertiary/aromatic N) is 2. The molecule has 0 saturated carbocycles. The Morgan fingerprint density at radius 2 is 1.95 bits per heavy atom. The molecule has 1 aliphatic heterocycles. The number of hydrogen-bond acceptors (Lipinski definition) is 4. The van der Waals surface area contributed by atoms with Crippen LogP contribution in [0.25, 0.3) is 11.3 Å². The maximum Gasteiger partial charge on any atom is 0.144 e. The summed E-state index contributed by atoms with van der Waals surface area (Å²) in [5, 5.41) is 0.889. The molecule has 0 bridgehead atoms. The fraction of sp³-hybridized carbons (Fsp3) is 0.286. The lowest BCUT2D eigenvalue weighted by atomic mass is 10.1. The second-order valence-electron chi connectivity index (χ2n) is 4.23. The molecule has 1 aromatic heterocycles. The molecule has 2 nitrogen and oxygen atoms in total. The third kappa shape index (κ3) is 3.25. The van der Waals surface area contributed by atoms with E-state index in [9.17, 15) is 0 Å². The Kier molecular flexibility index (Phi) is 4.31. The number of halogens is 1. The third-order valence-corrected chi connectivity index (χ3v) is 5.83. The van der Waals surface area contributed by atoms with Crippen molar-refractivity contribution in [2.75, 3.05) is 17.3 Å². The van der Waals surface area contributed by atoms with Gasteiger partial charge in [-0.05, 0) is 0 Å². The minimum absolute atomic E-state index is 0.361. The van der Waals surface area contributed by atoms with Crippen LogP contribution in [-0.2, 0) is 0 Å². The highest BCUT2D eigenvalue weighted by atomic mass is 35.5. The van der Waals surface area contributed by atoms with Crippen LogP contribution in [-0.4, -0.2) is 27.2 Å². The van der Waals surface area contributed by atoms with Crippen LogP contribution in [0.15, 0.2) is 36.4 Å². The number of aromatic nitrogens is 2. The van der Waals surface area contributed by atoms with Crippen molar-refractivity contribution in [3.05, 3.63) is 47.4 Å². The molecule has 0 radical (unpaired) electrons. The van der Waals surface area contributed by atoms with E-state index in [1.54, 1.807) is 0 Å². The zero-order chi connectivity index (χ0) is 13.1. The van der Waals surface area contributed by atoms with Gasteiger partial charge in [0.25, 0.3) is 0 Å². The molecule has 19 heavy (non-hydrogen) atoms. The van der Waals surface area contributed by atoms with Crippen LogP contribution in [0.1, 0.15) is 11.1 Å². The number of hydrogen-bond donors (Lipinski definition) is 0. The molecule has 1 atom stereocenters. The van der Waals surface area contributed by atoms with Gasteiger partial charge in [0.05, 0.1) is 10.9 Å². The highest BCUT2D eigenvalue weighted by Gasteiger charge is 2.20. The molecule has 98 valence electrons. The first-order valence-electron chi connectivity index (χ1n) is 6.12. The second-order valence-corrected chi connectivity index (χ2v) is 7.08. The Morgan fingerprint density at radius 3 is 2.68 bits per heavy atom. The Balaban J connectivity index is 1.96. The van der Waals surface area contributed by atoms with Gasteiger partial charge in [-0.2, -0.15) is 11.8 Å². The minimum Gasteiger partial charge on any atom is -0.232 e. The first-order valence-corrected chi connectivity index (χ1v) is 8.70. The van der Waals surface area contributed by atoms with Crippen molar-refractivity contribution >= 4 is 35.1 Å². The van der Waals surface area contributed by atoms with Crippen LogP contribution in [0.3, 0.4) is 0 Å². The average molecular weight is 309 g/mol. The number of rotatable bonds is 2. The van der Waals surface area contributed by atoms with Gasteiger partial charge in [-0.25, -0.2) is 9.97 Å². The van der Waals surface area contributed by atoms with Gasteiger partial charge in [-0.3, -0.25) is 0 Å². The smallest absolute Gasteiger partial charge is 0.144 e. The largest absolute Gasteiger partial charge is 0.232 e. The van der Waals surface area contributed by atoms with E-state index >= 15 is 0 Å². The van der Waals surface area contributed by atoms with Crippen LogP contribution >= 0.6 is 35.1 Å². The fourth-order valence-corrected chi connectivity index (χ4v) is 4.76. The predicted octanol–water partition coefficient (Wildman–Crippen LogP) is 4.32. The molecule has 2 heterocycles. The molecular weight excluding hydrogens is 296 g/mol. The maximum absolute atomic E-state index is 6.15. The second kappa shape index (κ2) is 6.16. The predicted molar refractivity (Wildman–Crippen MR) is 85.0 cm³/mol. The Bertz CT molecular complexity index is 557. The fourth-order valence-electron chi connectivity index (χ4n) is 1.97. The lowest BCUT2D eigenvalue weighted by molar-refractivity contribution is 0.927. The molecule has 0 N–H and O–H groups in total. The van der Waals surface area contributed by atoms with Crippen molar-refractivity contribution in [1.29, 1.82) is 0 Å². The molecule has 5 heteroatoms. The summed E-state index contributed by atoms with van der Waals surface area (Å²) >= 11 is 10.0. The zero-order valence-corrected chi connectivity index (χ0v) is 12.6. The van der Waals surface area contributed by atoms with E-state index in [4.69, 9.17) is 16.6 Å². The summed E-state index contributed by atoms with van der Waals surface area (Å²) in [5.41, 5.74) is 1.99. The standard InChI is InChI=1S/C14H13ClN2S2/c15-13-8-11(10-4-2-1-3-5-10)16-14(17-13)12-9-18-6-7-19-12/h1-5,8,12H,6-7,9H2. The molecule has 1 fully saturated rings. The van der Waals surface area contributed by atoms with Gasteiger partial charge < -0.3 is 0 Å². The van der Waals surface area contributed by atoms with Gasteiger partial charge in [-0.1, -0.05) is 41.9 Å². The Morgan fingerprint density at radius 1 is 1.11 bits per heavy atom. The van der Waals surface area contributed by atoms with Crippen molar-refractivity contribution in [1.82, 2.24) is 9.97 Å². The zero-order valence-electron chi connectivity index (χ0n) is 10.3. The average Bonchev–Trinajstić information content (AvgIpc) is 2.48. The van der Waals surface area contributed by atoms with Crippen molar-refractivity contribution < 1.29 is 0 Å². The van der Waals surface area contributed by atoms with E-state index in [1.807, 2.05) is 59.9 Å². The van der Waals surface area contributed by atoms with Gasteiger partial charge in [-0.15, -0.1) is 11.8 Å². The van der Waals surface area contributed by atoms with E-state index in [1.165, 1.54) is 5.75 Å². The molecule has 0 spiro atoms. The lowest BCUT2D eigenvalue weighted by Crippen LogP contribution is -2.10. The quantitative estimate of drug-likeness (QED) is 0.772. The number of benzene rings is 1. The normalized spacial score (nSPS) is 19.3. The summed E-state index contributed by atoms with van der Waals surface area (Å²) in [4.78, 5) is 9.10. The van der Waals surface area contributed by atoms with Crippen LogP contribution in [0.5, 0.6) is 0 Å². The molecule has 1 aromatic carbocycles. The van der Waals surface area contributed by atoms with E-state index < -0.39 is 0 Å². The molecule has 0 amide bonds. The first-order chi connectivity index (χ1) is 9.33.